The van der Waals surface area contributed by atoms with Crippen molar-refractivity contribution in [1.29, 1.82) is 5.26 Å². The Morgan fingerprint density at radius 2 is 1.90 bits per heavy atom. The van der Waals surface area contributed by atoms with Crippen LogP contribution in [0.25, 0.3) is 0 Å². The minimum atomic E-state index is -1.22. The molecule has 0 bridgehead atoms. The zero-order valence-electron chi connectivity index (χ0n) is 16.8. The molecule has 1 aliphatic carbocycles. The van der Waals surface area contributed by atoms with Crippen LogP contribution in [-0.2, 0) is 15.1 Å². The number of nitrogens with one attached hydrogen (secondary N) is 2. The van der Waals surface area contributed by atoms with Crippen LogP contribution in [0.4, 0.5) is 4.79 Å². The van der Waals surface area contributed by atoms with Crippen LogP contribution in [0.1, 0.15) is 51.0 Å². The number of urea groups is 1. The van der Waals surface area contributed by atoms with E-state index in [1.54, 1.807) is 38.3 Å². The third kappa shape index (κ3) is 3.77. The fourth-order valence-electron chi connectivity index (χ4n) is 4.15. The van der Waals surface area contributed by atoms with Crippen LogP contribution < -0.4 is 15.4 Å². The van der Waals surface area contributed by atoms with Crippen LogP contribution in [-0.4, -0.2) is 41.9 Å². The smallest absolute Gasteiger partial charge is 0.325 e. The Hall–Kier alpha value is -3.08. The first-order chi connectivity index (χ1) is 13.9. The molecule has 0 unspecified atom stereocenters. The summed E-state index contributed by atoms with van der Waals surface area (Å²) in [5.74, 6) is -0.333. The Kier molecular flexibility index (Phi) is 5.78. The average Bonchev–Trinajstić information content (AvgIpc) is 2.99. The molecule has 3 rings (SSSR count). The molecule has 2 aliphatic rings. The fourth-order valence-corrected chi connectivity index (χ4v) is 4.15. The second-order valence-corrected chi connectivity index (χ2v) is 7.61. The SMILES string of the molecule is CC[C@]1(c2ccc(OC)cc2)NC(=O)N(CC(=O)NC2(C#N)CCCCC2)C1=O. The summed E-state index contributed by atoms with van der Waals surface area (Å²) < 4.78 is 5.15. The third-order valence-electron chi connectivity index (χ3n) is 5.89. The van der Waals surface area contributed by atoms with Gasteiger partial charge in [-0.3, -0.25) is 14.5 Å². The summed E-state index contributed by atoms with van der Waals surface area (Å²) in [6.45, 7) is 1.39. The fraction of sp³-hybridized carbons (Fsp3) is 0.524. The Morgan fingerprint density at radius 3 is 2.45 bits per heavy atom. The molecule has 2 fully saturated rings. The molecule has 0 radical (unpaired) electrons. The van der Waals surface area contributed by atoms with Crippen molar-refractivity contribution in [2.24, 2.45) is 0 Å². The van der Waals surface area contributed by atoms with E-state index in [2.05, 4.69) is 16.7 Å². The first-order valence-electron chi connectivity index (χ1n) is 9.90. The summed E-state index contributed by atoms with van der Waals surface area (Å²) in [5.41, 5.74) is -1.50. The molecule has 8 heteroatoms. The number of benzene rings is 1. The molecule has 4 amide bonds. The van der Waals surface area contributed by atoms with Gasteiger partial charge in [0.2, 0.25) is 5.91 Å². The Labute approximate surface area is 170 Å². The molecule has 154 valence electrons. The molecule has 8 nitrogen and oxygen atoms in total. The number of hydrogen-bond acceptors (Lipinski definition) is 5. The van der Waals surface area contributed by atoms with Crippen molar-refractivity contribution in [3.05, 3.63) is 29.8 Å². The molecule has 1 aliphatic heterocycles. The molecule has 0 aromatic heterocycles. The normalized spacial score (nSPS) is 23.3. The second-order valence-electron chi connectivity index (χ2n) is 7.61. The van der Waals surface area contributed by atoms with E-state index in [9.17, 15) is 19.6 Å². The second kappa shape index (κ2) is 8.11. The summed E-state index contributed by atoms with van der Waals surface area (Å²) in [6.07, 6.45) is 4.28. The van der Waals surface area contributed by atoms with E-state index in [0.29, 0.717) is 30.6 Å². The topological polar surface area (TPSA) is 112 Å². The number of carbonyl (C=O) groups is 3. The summed E-state index contributed by atoms with van der Waals surface area (Å²) in [5, 5.41) is 15.0. The lowest BCUT2D eigenvalue weighted by molar-refractivity contribution is -0.135. The summed E-state index contributed by atoms with van der Waals surface area (Å²) in [4.78, 5) is 39.2. The Balaban J connectivity index is 1.77. The van der Waals surface area contributed by atoms with Gasteiger partial charge in [-0.05, 0) is 37.0 Å². The highest BCUT2D eigenvalue weighted by Gasteiger charge is 2.52. The number of rotatable bonds is 6. The van der Waals surface area contributed by atoms with E-state index in [-0.39, 0.29) is 0 Å². The molecular weight excluding hydrogens is 372 g/mol. The number of carbonyl (C=O) groups excluding carboxylic acids is 3. The maximum atomic E-state index is 13.2. The number of ether oxygens (including phenoxy) is 1. The maximum absolute atomic E-state index is 13.2. The molecule has 1 heterocycles. The number of hydrogen-bond donors (Lipinski definition) is 2. The van der Waals surface area contributed by atoms with E-state index < -0.39 is 35.5 Å². The molecular formula is C21H26N4O4. The molecule has 29 heavy (non-hydrogen) atoms. The number of amides is 4. The van der Waals surface area contributed by atoms with Crippen molar-refractivity contribution in [3.63, 3.8) is 0 Å². The number of nitrogens with zero attached hydrogens (tertiary/aromatic N) is 2. The van der Waals surface area contributed by atoms with Crippen LogP contribution in [0.2, 0.25) is 0 Å². The molecule has 1 atom stereocenters. The first kappa shape index (κ1) is 20.6. The van der Waals surface area contributed by atoms with Gasteiger partial charge in [0.1, 0.15) is 23.4 Å². The highest BCUT2D eigenvalue weighted by Crippen LogP contribution is 2.33. The van der Waals surface area contributed by atoms with Crippen LogP contribution in [0, 0.1) is 11.3 Å². The predicted octanol–water partition coefficient (Wildman–Crippen LogP) is 2.19. The van der Waals surface area contributed by atoms with Crippen LogP contribution >= 0.6 is 0 Å². The molecule has 1 aromatic carbocycles. The van der Waals surface area contributed by atoms with Gasteiger partial charge >= 0.3 is 6.03 Å². The quantitative estimate of drug-likeness (QED) is 0.714. The van der Waals surface area contributed by atoms with Crippen molar-refractivity contribution < 1.29 is 19.1 Å². The molecule has 2 N–H and O–H groups in total. The lowest BCUT2D eigenvalue weighted by Gasteiger charge is -2.32. The van der Waals surface area contributed by atoms with Gasteiger partial charge in [-0.2, -0.15) is 5.26 Å². The number of nitriles is 1. The molecule has 0 spiro atoms. The van der Waals surface area contributed by atoms with Gasteiger partial charge in [0.25, 0.3) is 5.91 Å². The molecule has 1 saturated carbocycles. The molecule has 1 saturated heterocycles. The number of methoxy groups -OCH3 is 1. The van der Waals surface area contributed by atoms with Crippen molar-refractivity contribution in [2.75, 3.05) is 13.7 Å². The van der Waals surface area contributed by atoms with Gasteiger partial charge in [0.05, 0.1) is 13.2 Å². The third-order valence-corrected chi connectivity index (χ3v) is 5.89. The average molecular weight is 398 g/mol. The standard InChI is InChI=1S/C21H26N4O4/c1-3-21(15-7-9-16(29-2)10-8-15)18(27)25(19(28)24-21)13-17(26)23-20(14-22)11-5-4-6-12-20/h7-10H,3-6,11-13H2,1-2H3,(H,23,26)(H,24,28)/t21-/m1/s1. The highest BCUT2D eigenvalue weighted by molar-refractivity contribution is 6.09. The largest absolute Gasteiger partial charge is 0.497 e. The van der Waals surface area contributed by atoms with E-state index in [0.717, 1.165) is 24.2 Å². The van der Waals surface area contributed by atoms with Crippen molar-refractivity contribution in [3.8, 4) is 11.8 Å². The van der Waals surface area contributed by atoms with Gasteiger partial charge in [-0.25, -0.2) is 4.79 Å². The summed E-state index contributed by atoms with van der Waals surface area (Å²) in [7, 11) is 1.55. The summed E-state index contributed by atoms with van der Waals surface area (Å²) in [6, 6.07) is 8.51. The van der Waals surface area contributed by atoms with E-state index in [1.807, 2.05) is 0 Å². The lowest BCUT2D eigenvalue weighted by Crippen LogP contribution is -2.52. The number of imide groups is 1. The zero-order valence-corrected chi connectivity index (χ0v) is 16.8. The summed E-state index contributed by atoms with van der Waals surface area (Å²) >= 11 is 0. The minimum Gasteiger partial charge on any atom is -0.497 e. The van der Waals surface area contributed by atoms with Crippen molar-refractivity contribution in [2.45, 2.75) is 56.5 Å². The highest BCUT2D eigenvalue weighted by atomic mass is 16.5. The van der Waals surface area contributed by atoms with E-state index in [4.69, 9.17) is 4.74 Å². The minimum absolute atomic E-state index is 0.337. The Morgan fingerprint density at radius 1 is 1.24 bits per heavy atom. The first-order valence-corrected chi connectivity index (χ1v) is 9.90. The van der Waals surface area contributed by atoms with Gasteiger partial charge in [-0.15, -0.1) is 0 Å². The Bertz CT molecular complexity index is 839. The zero-order chi connectivity index (χ0) is 21.1. The van der Waals surface area contributed by atoms with Crippen LogP contribution in [0.15, 0.2) is 24.3 Å². The van der Waals surface area contributed by atoms with Crippen molar-refractivity contribution in [1.82, 2.24) is 15.5 Å². The van der Waals surface area contributed by atoms with Gasteiger partial charge < -0.3 is 15.4 Å². The lowest BCUT2D eigenvalue weighted by atomic mass is 9.83. The predicted molar refractivity (Wildman–Crippen MR) is 105 cm³/mol. The maximum Gasteiger partial charge on any atom is 0.325 e. The van der Waals surface area contributed by atoms with Gasteiger partial charge in [0, 0.05) is 0 Å². The van der Waals surface area contributed by atoms with Crippen LogP contribution in [0.5, 0.6) is 5.75 Å². The molecule has 1 aromatic rings. The van der Waals surface area contributed by atoms with Gasteiger partial charge in [0.15, 0.2) is 0 Å². The van der Waals surface area contributed by atoms with Crippen molar-refractivity contribution >= 4 is 17.8 Å². The monoisotopic (exact) mass is 398 g/mol. The van der Waals surface area contributed by atoms with E-state index >= 15 is 0 Å². The van der Waals surface area contributed by atoms with Crippen LogP contribution in [0.3, 0.4) is 0 Å². The van der Waals surface area contributed by atoms with E-state index in [1.165, 1.54) is 0 Å². The van der Waals surface area contributed by atoms with Gasteiger partial charge in [-0.1, -0.05) is 38.3 Å².